The highest BCUT2D eigenvalue weighted by Crippen LogP contribution is 2.15. The zero-order valence-electron chi connectivity index (χ0n) is 12.1. The lowest BCUT2D eigenvalue weighted by atomic mass is 10.1. The maximum atomic E-state index is 10.9. The van der Waals surface area contributed by atoms with Gasteiger partial charge in [-0.2, -0.15) is 0 Å². The summed E-state index contributed by atoms with van der Waals surface area (Å²) in [5, 5.41) is 8.03. The van der Waals surface area contributed by atoms with Gasteiger partial charge in [-0.25, -0.2) is 0 Å². The van der Waals surface area contributed by atoms with Crippen LogP contribution in [0, 0.1) is 6.92 Å². The number of hydrogen-bond acceptors (Lipinski definition) is 4. The smallest absolute Gasteiger partial charge is 0.170 e. The largest absolute Gasteiger partial charge is 0.486 e. The number of carbonyl (C=O) groups is 1. The number of aromatic nitrogens is 3. The summed E-state index contributed by atoms with van der Waals surface area (Å²) in [4.78, 5) is 10.9. The van der Waals surface area contributed by atoms with Crippen molar-refractivity contribution in [3.8, 4) is 5.75 Å². The molecule has 1 heterocycles. The molecule has 0 saturated carbocycles. The highest BCUT2D eigenvalue weighted by Gasteiger charge is 2.05. The Labute approximate surface area is 118 Å². The van der Waals surface area contributed by atoms with Crippen LogP contribution in [0.25, 0.3) is 0 Å². The van der Waals surface area contributed by atoms with Gasteiger partial charge in [0.05, 0.1) is 0 Å². The Balaban J connectivity index is 1.90. The summed E-state index contributed by atoms with van der Waals surface area (Å²) < 4.78 is 7.58. The van der Waals surface area contributed by atoms with Gasteiger partial charge in [-0.3, -0.25) is 0 Å². The number of carbonyl (C=O) groups excluding carboxylic acids is 1. The topological polar surface area (TPSA) is 57.0 Å². The third kappa shape index (κ3) is 3.66. The quantitative estimate of drug-likeness (QED) is 0.809. The zero-order valence-corrected chi connectivity index (χ0v) is 12.1. The summed E-state index contributed by atoms with van der Waals surface area (Å²) in [6.45, 7) is 3.91. The molecule has 0 bridgehead atoms. The Bertz CT molecular complexity index is 588. The predicted octanol–water partition coefficient (Wildman–Crippen LogP) is 2.22. The summed E-state index contributed by atoms with van der Waals surface area (Å²) in [6.07, 6.45) is 1.36. The van der Waals surface area contributed by atoms with Crippen molar-refractivity contribution in [1.82, 2.24) is 14.8 Å². The van der Waals surface area contributed by atoms with Gasteiger partial charge in [0.2, 0.25) is 0 Å². The number of nitrogens with zero attached hydrogens (tertiary/aromatic N) is 3. The second-order valence-corrected chi connectivity index (χ2v) is 4.86. The fourth-order valence-corrected chi connectivity index (χ4v) is 1.80. The monoisotopic (exact) mass is 273 g/mol. The van der Waals surface area contributed by atoms with E-state index in [0.29, 0.717) is 13.0 Å². The first-order valence-corrected chi connectivity index (χ1v) is 6.62. The zero-order chi connectivity index (χ0) is 14.5. The third-order valence-corrected chi connectivity index (χ3v) is 3.24. The molecule has 0 atom stereocenters. The molecular weight excluding hydrogens is 254 g/mol. The minimum absolute atomic E-state index is 0.211. The third-order valence-electron chi connectivity index (χ3n) is 3.24. The maximum Gasteiger partial charge on any atom is 0.170 e. The van der Waals surface area contributed by atoms with Gasteiger partial charge in [-0.15, -0.1) is 10.2 Å². The first-order valence-electron chi connectivity index (χ1n) is 6.62. The average molecular weight is 273 g/mol. The Morgan fingerprint density at radius 1 is 1.25 bits per heavy atom. The number of ether oxygens (including phenoxy) is 1. The first kappa shape index (κ1) is 14.2. The number of ketones is 1. The molecule has 2 rings (SSSR count). The summed E-state index contributed by atoms with van der Waals surface area (Å²) in [5.41, 5.74) is 1.14. The summed E-state index contributed by atoms with van der Waals surface area (Å²) in [5.74, 6) is 2.66. The summed E-state index contributed by atoms with van der Waals surface area (Å²) in [6, 6.07) is 7.80. The van der Waals surface area contributed by atoms with Crippen LogP contribution in [0.5, 0.6) is 5.75 Å². The van der Waals surface area contributed by atoms with Crippen LogP contribution in [0.4, 0.5) is 0 Å². The second-order valence-electron chi connectivity index (χ2n) is 4.86. The Hall–Kier alpha value is -2.17. The van der Waals surface area contributed by atoms with E-state index in [1.54, 1.807) is 6.92 Å². The molecule has 5 nitrogen and oxygen atoms in total. The van der Waals surface area contributed by atoms with E-state index >= 15 is 0 Å². The van der Waals surface area contributed by atoms with Crippen molar-refractivity contribution in [3.63, 3.8) is 0 Å². The lowest BCUT2D eigenvalue weighted by Crippen LogP contribution is -2.04. The van der Waals surface area contributed by atoms with Crippen LogP contribution in [0.15, 0.2) is 24.3 Å². The molecule has 0 aliphatic rings. The van der Waals surface area contributed by atoms with Crippen molar-refractivity contribution < 1.29 is 9.53 Å². The molecule has 0 amide bonds. The van der Waals surface area contributed by atoms with Crippen molar-refractivity contribution in [2.75, 3.05) is 0 Å². The van der Waals surface area contributed by atoms with Crippen LogP contribution in [0.2, 0.25) is 0 Å². The number of rotatable bonds is 6. The van der Waals surface area contributed by atoms with Crippen LogP contribution in [-0.4, -0.2) is 20.5 Å². The summed E-state index contributed by atoms with van der Waals surface area (Å²) >= 11 is 0. The van der Waals surface area contributed by atoms with Gasteiger partial charge in [-0.05, 0) is 38.0 Å². The molecule has 5 heteroatoms. The molecule has 0 aliphatic carbocycles. The molecule has 106 valence electrons. The molecule has 1 aromatic heterocycles. The molecule has 0 unspecified atom stereocenters. The number of Topliss-reactive ketones (excluding diaryl/α,β-unsaturated/α-hetero) is 1. The van der Waals surface area contributed by atoms with Gasteiger partial charge in [-0.1, -0.05) is 12.1 Å². The predicted molar refractivity (Wildman–Crippen MR) is 75.5 cm³/mol. The number of aryl methyl sites for hydroxylation is 2. The second kappa shape index (κ2) is 6.32. The minimum Gasteiger partial charge on any atom is -0.486 e. The van der Waals surface area contributed by atoms with Gasteiger partial charge in [0.25, 0.3) is 0 Å². The molecule has 20 heavy (non-hydrogen) atoms. The molecule has 0 N–H and O–H groups in total. The Morgan fingerprint density at radius 3 is 2.50 bits per heavy atom. The average Bonchev–Trinajstić information content (AvgIpc) is 2.75. The normalized spacial score (nSPS) is 10.6. The first-order chi connectivity index (χ1) is 9.56. The van der Waals surface area contributed by atoms with Crippen molar-refractivity contribution in [2.24, 2.45) is 7.05 Å². The van der Waals surface area contributed by atoms with Crippen LogP contribution in [-0.2, 0) is 24.9 Å². The SMILES string of the molecule is CC(=O)CCc1ccc(OCc2nnc(C)n2C)cc1. The van der Waals surface area contributed by atoms with Gasteiger partial charge in [0.15, 0.2) is 5.82 Å². The van der Waals surface area contributed by atoms with Crippen LogP contribution in [0.1, 0.15) is 30.6 Å². The highest BCUT2D eigenvalue weighted by atomic mass is 16.5. The highest BCUT2D eigenvalue weighted by molar-refractivity contribution is 5.75. The van der Waals surface area contributed by atoms with Gasteiger partial charge in [0.1, 0.15) is 24.0 Å². The van der Waals surface area contributed by atoms with Crippen molar-refractivity contribution >= 4 is 5.78 Å². The van der Waals surface area contributed by atoms with E-state index in [4.69, 9.17) is 4.74 Å². The number of benzene rings is 1. The van der Waals surface area contributed by atoms with E-state index in [0.717, 1.165) is 29.4 Å². The van der Waals surface area contributed by atoms with E-state index in [1.807, 2.05) is 42.8 Å². The Morgan fingerprint density at radius 2 is 1.95 bits per heavy atom. The standard InChI is InChI=1S/C15H19N3O2/c1-11(19)4-5-13-6-8-14(9-7-13)20-10-15-17-16-12(2)18(15)3/h6-9H,4-5,10H2,1-3H3. The Kier molecular flexibility index (Phi) is 4.50. The van der Waals surface area contributed by atoms with Crippen molar-refractivity contribution in [3.05, 3.63) is 41.5 Å². The van der Waals surface area contributed by atoms with Gasteiger partial charge >= 0.3 is 0 Å². The molecular formula is C15H19N3O2. The van der Waals surface area contributed by atoms with E-state index in [1.165, 1.54) is 0 Å². The van der Waals surface area contributed by atoms with Crippen LogP contribution < -0.4 is 4.74 Å². The van der Waals surface area contributed by atoms with E-state index in [9.17, 15) is 4.79 Å². The molecule has 0 saturated heterocycles. The van der Waals surface area contributed by atoms with Gasteiger partial charge in [0, 0.05) is 13.5 Å². The molecule has 0 spiro atoms. The van der Waals surface area contributed by atoms with Crippen molar-refractivity contribution in [1.29, 1.82) is 0 Å². The molecule has 0 radical (unpaired) electrons. The van der Waals surface area contributed by atoms with Crippen LogP contribution >= 0.6 is 0 Å². The van der Waals surface area contributed by atoms with E-state index < -0.39 is 0 Å². The lowest BCUT2D eigenvalue weighted by molar-refractivity contribution is -0.116. The molecule has 0 aliphatic heterocycles. The lowest BCUT2D eigenvalue weighted by Gasteiger charge is -2.07. The van der Waals surface area contributed by atoms with Crippen molar-refractivity contribution in [2.45, 2.75) is 33.3 Å². The fraction of sp³-hybridized carbons (Fsp3) is 0.400. The summed E-state index contributed by atoms with van der Waals surface area (Å²) in [7, 11) is 1.92. The van der Waals surface area contributed by atoms with E-state index in [-0.39, 0.29) is 5.78 Å². The molecule has 0 fully saturated rings. The molecule has 1 aromatic carbocycles. The minimum atomic E-state index is 0.211. The van der Waals surface area contributed by atoms with E-state index in [2.05, 4.69) is 10.2 Å². The van der Waals surface area contributed by atoms with Gasteiger partial charge < -0.3 is 14.1 Å². The fourth-order valence-electron chi connectivity index (χ4n) is 1.80. The van der Waals surface area contributed by atoms with Crippen LogP contribution in [0.3, 0.4) is 0 Å². The molecule has 2 aromatic rings. The maximum absolute atomic E-state index is 10.9. The number of hydrogen-bond donors (Lipinski definition) is 0.